The third-order valence-electron chi connectivity index (χ3n) is 4.79. The Hall–Kier alpha value is -2.74. The number of anilines is 1. The quantitative estimate of drug-likeness (QED) is 0.700. The van der Waals surface area contributed by atoms with Gasteiger partial charge in [0.2, 0.25) is 0 Å². The normalized spacial score (nSPS) is 15.2. The summed E-state index contributed by atoms with van der Waals surface area (Å²) in [5.74, 6) is 0.837. The molecule has 5 nitrogen and oxygen atoms in total. The molecule has 3 rings (SSSR count). The number of hydrogen-bond acceptors (Lipinski definition) is 3. The predicted octanol–water partition coefficient (Wildman–Crippen LogP) is 4.37. The molecule has 0 aliphatic carbocycles. The van der Waals surface area contributed by atoms with Crippen LogP contribution in [0.25, 0.3) is 0 Å². The molecule has 0 spiro atoms. The number of halogens is 3. The zero-order valence-corrected chi connectivity index (χ0v) is 15.9. The third kappa shape index (κ3) is 6.39. The van der Waals surface area contributed by atoms with Gasteiger partial charge in [-0.3, -0.25) is 0 Å². The number of urea groups is 1. The minimum atomic E-state index is -4.39. The highest BCUT2D eigenvalue weighted by Crippen LogP contribution is 2.29. The number of carbonyl (C=O) groups is 1. The Morgan fingerprint density at radius 3 is 2.31 bits per heavy atom. The van der Waals surface area contributed by atoms with E-state index in [0.717, 1.165) is 37.3 Å². The monoisotopic (exact) mass is 407 g/mol. The summed E-state index contributed by atoms with van der Waals surface area (Å²) >= 11 is 0. The van der Waals surface area contributed by atoms with Crippen LogP contribution in [0.2, 0.25) is 0 Å². The van der Waals surface area contributed by atoms with E-state index in [0.29, 0.717) is 31.4 Å². The summed E-state index contributed by atoms with van der Waals surface area (Å²) in [6.45, 7) is 2.46. The van der Waals surface area contributed by atoms with Crippen molar-refractivity contribution in [1.29, 1.82) is 0 Å². The summed E-state index contributed by atoms with van der Waals surface area (Å²) in [6.07, 6.45) is -2.76. The molecule has 2 N–H and O–H groups in total. The fraction of sp³-hybridized carbons (Fsp3) is 0.381. The van der Waals surface area contributed by atoms with Crippen molar-refractivity contribution in [3.8, 4) is 5.75 Å². The van der Waals surface area contributed by atoms with E-state index in [4.69, 9.17) is 4.74 Å². The van der Waals surface area contributed by atoms with Crippen LogP contribution in [0.1, 0.15) is 18.4 Å². The van der Waals surface area contributed by atoms with Gasteiger partial charge in [0.1, 0.15) is 12.4 Å². The second-order valence-corrected chi connectivity index (χ2v) is 6.88. The van der Waals surface area contributed by atoms with Crippen LogP contribution in [0.3, 0.4) is 0 Å². The summed E-state index contributed by atoms with van der Waals surface area (Å²) in [5.41, 5.74) is -0.389. The van der Waals surface area contributed by atoms with E-state index in [1.165, 1.54) is 12.1 Å². The number of nitrogens with zero attached hydrogens (tertiary/aromatic N) is 1. The number of hydrogen-bond donors (Lipinski definition) is 2. The van der Waals surface area contributed by atoms with Crippen molar-refractivity contribution < 1.29 is 22.7 Å². The summed E-state index contributed by atoms with van der Waals surface area (Å²) in [5, 5.41) is 6.09. The Morgan fingerprint density at radius 2 is 1.69 bits per heavy atom. The molecule has 0 aromatic heterocycles. The van der Waals surface area contributed by atoms with Crippen molar-refractivity contribution in [1.82, 2.24) is 10.2 Å². The molecule has 1 aliphatic heterocycles. The SMILES string of the molecule is O=C(Nc1ccc(C(F)(F)F)cc1)N1CCC(NCCOc2ccccc2)CC1. The Balaban J connectivity index is 1.36. The summed E-state index contributed by atoms with van der Waals surface area (Å²) in [4.78, 5) is 14.0. The molecule has 0 unspecified atom stereocenters. The van der Waals surface area contributed by atoms with Gasteiger partial charge in [0.15, 0.2) is 0 Å². The molecular formula is C21H24F3N3O2. The highest BCUT2D eigenvalue weighted by atomic mass is 19.4. The van der Waals surface area contributed by atoms with Crippen LogP contribution in [0.15, 0.2) is 54.6 Å². The Kier molecular flexibility index (Phi) is 6.98. The number of para-hydroxylation sites is 1. The summed E-state index contributed by atoms with van der Waals surface area (Å²) in [7, 11) is 0. The number of piperidine rings is 1. The van der Waals surface area contributed by atoms with Gasteiger partial charge in [0.05, 0.1) is 5.56 Å². The Morgan fingerprint density at radius 1 is 1.03 bits per heavy atom. The van der Waals surface area contributed by atoms with E-state index in [1.54, 1.807) is 4.90 Å². The number of likely N-dealkylation sites (tertiary alicyclic amines) is 1. The number of benzene rings is 2. The maximum Gasteiger partial charge on any atom is 0.416 e. The van der Waals surface area contributed by atoms with Crippen molar-refractivity contribution in [2.75, 3.05) is 31.6 Å². The van der Waals surface area contributed by atoms with Crippen LogP contribution in [0.4, 0.5) is 23.7 Å². The molecule has 2 amide bonds. The molecule has 2 aromatic rings. The highest BCUT2D eigenvalue weighted by molar-refractivity contribution is 5.89. The second kappa shape index (κ2) is 9.65. The molecule has 29 heavy (non-hydrogen) atoms. The van der Waals surface area contributed by atoms with Gasteiger partial charge in [0.25, 0.3) is 0 Å². The van der Waals surface area contributed by atoms with Crippen LogP contribution in [-0.4, -0.2) is 43.2 Å². The molecule has 0 atom stereocenters. The predicted molar refractivity (Wildman–Crippen MR) is 105 cm³/mol. The lowest BCUT2D eigenvalue weighted by molar-refractivity contribution is -0.137. The molecular weight excluding hydrogens is 383 g/mol. The molecule has 1 fully saturated rings. The van der Waals surface area contributed by atoms with E-state index in [1.807, 2.05) is 30.3 Å². The van der Waals surface area contributed by atoms with Crippen LogP contribution in [0.5, 0.6) is 5.75 Å². The summed E-state index contributed by atoms with van der Waals surface area (Å²) < 4.78 is 43.4. The molecule has 1 aliphatic rings. The molecule has 2 aromatic carbocycles. The molecule has 1 saturated heterocycles. The van der Waals surface area contributed by atoms with Gasteiger partial charge in [-0.15, -0.1) is 0 Å². The number of alkyl halides is 3. The number of ether oxygens (including phenoxy) is 1. The molecule has 0 bridgehead atoms. The maximum atomic E-state index is 12.6. The Bertz CT molecular complexity index is 774. The molecule has 0 radical (unpaired) electrons. The van der Waals surface area contributed by atoms with Gasteiger partial charge in [-0.1, -0.05) is 18.2 Å². The standard InChI is InChI=1S/C21H24F3N3O2/c22-21(23,24)16-6-8-18(9-7-16)26-20(28)27-13-10-17(11-14-27)25-12-15-29-19-4-2-1-3-5-19/h1-9,17,25H,10-15H2,(H,26,28). The number of amides is 2. The first-order valence-electron chi connectivity index (χ1n) is 9.56. The van der Waals surface area contributed by atoms with Gasteiger partial charge in [-0.05, 0) is 49.2 Å². The van der Waals surface area contributed by atoms with E-state index in [2.05, 4.69) is 10.6 Å². The fourth-order valence-corrected chi connectivity index (χ4v) is 3.18. The van der Waals surface area contributed by atoms with Gasteiger partial charge in [-0.25, -0.2) is 4.79 Å². The van der Waals surface area contributed by atoms with E-state index in [-0.39, 0.29) is 6.03 Å². The summed E-state index contributed by atoms with van der Waals surface area (Å²) in [6, 6.07) is 14.1. The van der Waals surface area contributed by atoms with Crippen LogP contribution < -0.4 is 15.4 Å². The Labute approximate surface area is 167 Å². The maximum absolute atomic E-state index is 12.6. The first-order chi connectivity index (χ1) is 13.9. The average molecular weight is 407 g/mol. The first kappa shape index (κ1) is 21.0. The minimum absolute atomic E-state index is 0.296. The van der Waals surface area contributed by atoms with Gasteiger partial charge in [0, 0.05) is 31.4 Å². The number of carbonyl (C=O) groups excluding carboxylic acids is 1. The lowest BCUT2D eigenvalue weighted by atomic mass is 10.1. The van der Waals surface area contributed by atoms with Crippen molar-refractivity contribution in [2.45, 2.75) is 25.1 Å². The minimum Gasteiger partial charge on any atom is -0.492 e. The topological polar surface area (TPSA) is 53.6 Å². The van der Waals surface area contributed by atoms with Crippen LogP contribution >= 0.6 is 0 Å². The van der Waals surface area contributed by atoms with Crippen molar-refractivity contribution in [3.05, 3.63) is 60.2 Å². The molecule has 156 valence electrons. The van der Waals surface area contributed by atoms with E-state index >= 15 is 0 Å². The smallest absolute Gasteiger partial charge is 0.416 e. The van der Waals surface area contributed by atoms with Crippen molar-refractivity contribution >= 4 is 11.7 Å². The molecule has 8 heteroatoms. The van der Waals surface area contributed by atoms with E-state index in [9.17, 15) is 18.0 Å². The highest BCUT2D eigenvalue weighted by Gasteiger charge is 2.30. The zero-order chi connectivity index (χ0) is 20.7. The van der Waals surface area contributed by atoms with Crippen molar-refractivity contribution in [3.63, 3.8) is 0 Å². The number of nitrogens with one attached hydrogen (secondary N) is 2. The van der Waals surface area contributed by atoms with Gasteiger partial charge in [-0.2, -0.15) is 13.2 Å². The lowest BCUT2D eigenvalue weighted by Crippen LogP contribution is -2.47. The third-order valence-corrected chi connectivity index (χ3v) is 4.79. The second-order valence-electron chi connectivity index (χ2n) is 6.88. The first-order valence-corrected chi connectivity index (χ1v) is 9.56. The number of rotatable bonds is 6. The average Bonchev–Trinajstić information content (AvgIpc) is 2.72. The van der Waals surface area contributed by atoms with Gasteiger partial charge >= 0.3 is 12.2 Å². The largest absolute Gasteiger partial charge is 0.492 e. The fourth-order valence-electron chi connectivity index (χ4n) is 3.18. The molecule has 0 saturated carbocycles. The van der Waals surface area contributed by atoms with Crippen LogP contribution in [-0.2, 0) is 6.18 Å². The molecule has 1 heterocycles. The lowest BCUT2D eigenvalue weighted by Gasteiger charge is -2.32. The van der Waals surface area contributed by atoms with Crippen LogP contribution in [0, 0.1) is 0 Å². The van der Waals surface area contributed by atoms with E-state index < -0.39 is 11.7 Å². The van der Waals surface area contributed by atoms with Gasteiger partial charge < -0.3 is 20.3 Å². The van der Waals surface area contributed by atoms with Crippen molar-refractivity contribution in [2.24, 2.45) is 0 Å². The zero-order valence-electron chi connectivity index (χ0n) is 15.9.